The summed E-state index contributed by atoms with van der Waals surface area (Å²) in [4.78, 5) is 59.4. The molecular formula is C40H53N5O7S. The normalized spacial score (nSPS) is 19.0. The summed E-state index contributed by atoms with van der Waals surface area (Å²) in [6, 6.07) is 14.4. The molecule has 286 valence electrons. The predicted molar refractivity (Wildman–Crippen MR) is 203 cm³/mol. The van der Waals surface area contributed by atoms with Crippen molar-refractivity contribution in [3.63, 3.8) is 0 Å². The molecule has 2 aromatic carbocycles. The number of carbonyl (C=O) groups is 4. The number of β-amino-alcohol motifs (C(OH)–C–C–N with tert-alkyl or cyclic N) is 1. The number of nitrogens with zero attached hydrogens (tertiary/aromatic N) is 2. The van der Waals surface area contributed by atoms with Gasteiger partial charge in [-0.25, -0.2) is 4.98 Å². The van der Waals surface area contributed by atoms with E-state index in [0.717, 1.165) is 41.0 Å². The molecule has 4 atom stereocenters. The minimum atomic E-state index is -0.921. The topological polar surface area (TPSA) is 159 Å². The zero-order chi connectivity index (χ0) is 38.0. The number of ether oxygens (including phenoxy) is 2. The van der Waals surface area contributed by atoms with Crippen LogP contribution in [0.3, 0.4) is 0 Å². The smallest absolute Gasteiger partial charge is 0.246 e. The van der Waals surface area contributed by atoms with Crippen molar-refractivity contribution in [1.29, 1.82) is 0 Å². The Kier molecular flexibility index (Phi) is 14.1. The highest BCUT2D eigenvalue weighted by Gasteiger charge is 2.44. The molecular weight excluding hydrogens is 695 g/mol. The van der Waals surface area contributed by atoms with Crippen molar-refractivity contribution in [2.75, 3.05) is 33.0 Å². The Morgan fingerprint density at radius 2 is 1.68 bits per heavy atom. The number of aryl methyl sites for hydroxylation is 2. The summed E-state index contributed by atoms with van der Waals surface area (Å²) in [5, 5.41) is 19.4. The van der Waals surface area contributed by atoms with Gasteiger partial charge in [-0.3, -0.25) is 19.2 Å². The lowest BCUT2D eigenvalue weighted by Crippen LogP contribution is -2.57. The third-order valence-electron chi connectivity index (χ3n) is 9.73. The number of aliphatic hydroxyl groups is 1. The monoisotopic (exact) mass is 747 g/mol. The van der Waals surface area contributed by atoms with Crippen molar-refractivity contribution in [3.05, 3.63) is 76.4 Å². The Labute approximate surface area is 316 Å². The fourth-order valence-electron chi connectivity index (χ4n) is 6.84. The van der Waals surface area contributed by atoms with Crippen molar-refractivity contribution in [3.8, 4) is 10.4 Å². The highest BCUT2D eigenvalue weighted by atomic mass is 32.1. The van der Waals surface area contributed by atoms with E-state index in [1.165, 1.54) is 16.0 Å². The molecule has 0 unspecified atom stereocenters. The fraction of sp³-hybridized carbons (Fsp3) is 0.525. The maximum atomic E-state index is 13.9. The molecule has 1 aliphatic heterocycles. The van der Waals surface area contributed by atoms with Crippen LogP contribution in [0.5, 0.6) is 0 Å². The van der Waals surface area contributed by atoms with Crippen molar-refractivity contribution in [2.45, 2.75) is 97.0 Å². The first-order valence-corrected chi connectivity index (χ1v) is 19.4. The van der Waals surface area contributed by atoms with E-state index in [1.54, 1.807) is 11.3 Å². The predicted octanol–water partition coefficient (Wildman–Crippen LogP) is 4.23. The maximum Gasteiger partial charge on any atom is 0.246 e. The lowest BCUT2D eigenvalue weighted by Gasteiger charge is -2.35. The van der Waals surface area contributed by atoms with E-state index >= 15 is 0 Å². The molecule has 53 heavy (non-hydrogen) atoms. The molecule has 1 fully saturated rings. The van der Waals surface area contributed by atoms with Crippen LogP contribution >= 0.6 is 11.3 Å². The molecule has 2 aliphatic rings. The van der Waals surface area contributed by atoms with Gasteiger partial charge in [0.1, 0.15) is 12.1 Å². The number of rotatable bonds is 16. The molecule has 0 saturated carbocycles. The number of fused-ring (bicyclic) bond motifs is 1. The molecule has 0 spiro atoms. The number of nitrogens with one attached hydrogen (secondary N) is 3. The molecule has 5 rings (SSSR count). The summed E-state index contributed by atoms with van der Waals surface area (Å²) in [7, 11) is 0. The molecule has 4 amide bonds. The molecule has 13 heteroatoms. The molecule has 4 N–H and O–H groups in total. The van der Waals surface area contributed by atoms with Gasteiger partial charge in [-0.2, -0.15) is 0 Å². The standard InChI is InChI=1S/C40H53N5O7S/c1-26-36(53-25-42-26)29-14-12-27(13-15-29)23-41-38(49)33-22-30(46)24-45(33)39(50)37(40(2,3)4)44-35(48)17-19-52-21-20-51-18-16-34(47)43-32-11-7-9-28-8-5-6-10-31(28)32/h5-6,8,10,12-15,25,30,32-33,37,46H,7,9,11,16-24H2,1-4H3,(H,41,49)(H,43,47)(H,44,48)/t30-,32+,33+,37-/m1/s1. The number of carbonyl (C=O) groups excluding carboxylic acids is 4. The van der Waals surface area contributed by atoms with Gasteiger partial charge >= 0.3 is 0 Å². The molecule has 12 nitrogen and oxygen atoms in total. The second kappa shape index (κ2) is 18.7. The van der Waals surface area contributed by atoms with Gasteiger partial charge in [0.25, 0.3) is 0 Å². The summed E-state index contributed by atoms with van der Waals surface area (Å²) < 4.78 is 11.2. The van der Waals surface area contributed by atoms with Gasteiger partial charge in [-0.15, -0.1) is 11.3 Å². The lowest BCUT2D eigenvalue weighted by molar-refractivity contribution is -0.144. The lowest BCUT2D eigenvalue weighted by atomic mass is 9.85. The largest absolute Gasteiger partial charge is 0.391 e. The molecule has 1 aromatic heterocycles. The van der Waals surface area contributed by atoms with E-state index in [-0.39, 0.29) is 82.5 Å². The number of benzene rings is 2. The Bertz CT molecular complexity index is 1710. The summed E-state index contributed by atoms with van der Waals surface area (Å²) in [5.74, 6) is -1.19. The quantitative estimate of drug-likeness (QED) is 0.159. The Morgan fingerprint density at radius 3 is 2.36 bits per heavy atom. The van der Waals surface area contributed by atoms with Crippen LogP contribution < -0.4 is 16.0 Å². The number of hydrogen-bond donors (Lipinski definition) is 4. The number of amides is 4. The first-order valence-electron chi connectivity index (χ1n) is 18.5. The number of hydrogen-bond acceptors (Lipinski definition) is 9. The Hall–Kier alpha value is -4.17. The minimum Gasteiger partial charge on any atom is -0.391 e. The second-order valence-electron chi connectivity index (χ2n) is 14.9. The van der Waals surface area contributed by atoms with Crippen LogP contribution in [-0.4, -0.2) is 89.8 Å². The molecule has 2 heterocycles. The highest BCUT2D eigenvalue weighted by Crippen LogP contribution is 2.30. The summed E-state index contributed by atoms with van der Waals surface area (Å²) in [5.41, 5.74) is 6.57. The van der Waals surface area contributed by atoms with Crippen LogP contribution in [0.15, 0.2) is 54.0 Å². The van der Waals surface area contributed by atoms with Gasteiger partial charge < -0.3 is 35.4 Å². The zero-order valence-corrected chi connectivity index (χ0v) is 32.0. The van der Waals surface area contributed by atoms with Crippen LogP contribution in [-0.2, 0) is 41.6 Å². The molecule has 0 radical (unpaired) electrons. The van der Waals surface area contributed by atoms with Gasteiger partial charge in [0.15, 0.2) is 0 Å². The molecule has 0 bridgehead atoms. The van der Waals surface area contributed by atoms with Crippen LogP contribution in [0.4, 0.5) is 0 Å². The first-order chi connectivity index (χ1) is 25.4. The van der Waals surface area contributed by atoms with E-state index in [2.05, 4.69) is 33.1 Å². The first kappa shape index (κ1) is 40.0. The van der Waals surface area contributed by atoms with Gasteiger partial charge in [-0.1, -0.05) is 69.3 Å². The third-order valence-corrected chi connectivity index (χ3v) is 10.7. The number of aromatic nitrogens is 1. The molecule has 3 aromatic rings. The van der Waals surface area contributed by atoms with Crippen molar-refractivity contribution in [1.82, 2.24) is 25.8 Å². The maximum absolute atomic E-state index is 13.9. The average Bonchev–Trinajstić information content (AvgIpc) is 3.75. The van der Waals surface area contributed by atoms with Crippen molar-refractivity contribution >= 4 is 35.0 Å². The fourth-order valence-corrected chi connectivity index (χ4v) is 7.65. The zero-order valence-electron chi connectivity index (χ0n) is 31.2. The van der Waals surface area contributed by atoms with E-state index in [4.69, 9.17) is 9.47 Å². The Morgan fingerprint density at radius 1 is 0.981 bits per heavy atom. The number of aliphatic hydroxyl groups excluding tert-OH is 1. The van der Waals surface area contributed by atoms with E-state index in [0.29, 0.717) is 0 Å². The van der Waals surface area contributed by atoms with Gasteiger partial charge in [0, 0.05) is 32.4 Å². The number of thiazole rings is 1. The summed E-state index contributed by atoms with van der Waals surface area (Å²) in [6.45, 7) is 8.70. The summed E-state index contributed by atoms with van der Waals surface area (Å²) >= 11 is 1.58. The van der Waals surface area contributed by atoms with E-state index in [1.807, 2.05) is 69.6 Å². The SMILES string of the molecule is Cc1ncsc1-c1ccc(CNC(=O)[C@@H]2C[C@@H](O)CN2C(=O)[C@@H](NC(=O)CCOCCOCCC(=O)N[C@H]2CCCc3ccccc32)C(C)(C)C)cc1. The number of likely N-dealkylation sites (tertiary alicyclic amines) is 1. The van der Waals surface area contributed by atoms with Crippen molar-refractivity contribution in [2.24, 2.45) is 5.41 Å². The van der Waals surface area contributed by atoms with Crippen LogP contribution in [0, 0.1) is 12.3 Å². The van der Waals surface area contributed by atoms with Gasteiger partial charge in [0.05, 0.1) is 54.7 Å². The molecule has 1 saturated heterocycles. The van der Waals surface area contributed by atoms with Crippen LogP contribution in [0.25, 0.3) is 10.4 Å². The highest BCUT2D eigenvalue weighted by molar-refractivity contribution is 7.13. The third kappa shape index (κ3) is 11.2. The Balaban J connectivity index is 1.01. The minimum absolute atomic E-state index is 0.00156. The van der Waals surface area contributed by atoms with E-state index < -0.39 is 29.5 Å². The summed E-state index contributed by atoms with van der Waals surface area (Å²) in [6.07, 6.45) is 2.56. The van der Waals surface area contributed by atoms with E-state index in [9.17, 15) is 24.3 Å². The second-order valence-corrected chi connectivity index (χ2v) is 15.7. The van der Waals surface area contributed by atoms with Crippen molar-refractivity contribution < 1.29 is 33.8 Å². The average molecular weight is 748 g/mol. The molecule has 1 aliphatic carbocycles. The van der Waals surface area contributed by atoms with Gasteiger partial charge in [0.2, 0.25) is 23.6 Å². The van der Waals surface area contributed by atoms with Crippen LogP contribution in [0.1, 0.15) is 81.3 Å². The van der Waals surface area contributed by atoms with Gasteiger partial charge in [-0.05, 0) is 53.9 Å². The van der Waals surface area contributed by atoms with Crippen LogP contribution in [0.2, 0.25) is 0 Å².